The third-order valence-electron chi connectivity index (χ3n) is 5.85. The molecule has 1 fully saturated rings. The molecule has 33 heavy (non-hydrogen) atoms. The summed E-state index contributed by atoms with van der Waals surface area (Å²) in [5, 5.41) is 0.374. The number of hydrogen-bond donors (Lipinski definition) is 0. The first-order valence-corrected chi connectivity index (χ1v) is 10.8. The maximum atomic E-state index is 13.5. The number of carbonyl (C=O) groups is 1. The zero-order chi connectivity index (χ0) is 23.2. The fourth-order valence-electron chi connectivity index (χ4n) is 4.29. The second-order valence-corrected chi connectivity index (χ2v) is 8.32. The van der Waals surface area contributed by atoms with Gasteiger partial charge in [-0.3, -0.25) is 4.79 Å². The van der Waals surface area contributed by atoms with Crippen molar-refractivity contribution in [3.05, 3.63) is 88.8 Å². The topological polar surface area (TPSA) is 46.3 Å². The number of rotatable bonds is 3. The van der Waals surface area contributed by atoms with Crippen molar-refractivity contribution >= 4 is 28.6 Å². The number of alkyl halides is 3. The highest BCUT2D eigenvalue weighted by atomic mass is 35.5. The Balaban J connectivity index is 1.50. The van der Waals surface area contributed by atoms with E-state index < -0.39 is 11.7 Å². The Morgan fingerprint density at radius 2 is 1.82 bits per heavy atom. The van der Waals surface area contributed by atoms with Crippen molar-refractivity contribution in [1.29, 1.82) is 0 Å². The molecule has 1 aliphatic heterocycles. The minimum absolute atomic E-state index is 0.0767. The van der Waals surface area contributed by atoms with E-state index in [0.717, 1.165) is 12.5 Å². The molecule has 3 aromatic carbocycles. The third-order valence-corrected chi connectivity index (χ3v) is 6.18. The lowest BCUT2D eigenvalue weighted by Gasteiger charge is -2.22. The number of likely N-dealkylation sites (tertiary alicyclic amines) is 1. The van der Waals surface area contributed by atoms with E-state index in [9.17, 15) is 18.0 Å². The number of hydrogen-bond acceptors (Lipinski definition) is 3. The Bertz CT molecular complexity index is 1350. The summed E-state index contributed by atoms with van der Waals surface area (Å²) in [6, 6.07) is 16.7. The molecular weight excluding hydrogens is 453 g/mol. The second kappa shape index (κ2) is 8.23. The minimum atomic E-state index is -4.47. The summed E-state index contributed by atoms with van der Waals surface area (Å²) in [7, 11) is 0. The quantitative estimate of drug-likeness (QED) is 0.319. The Labute approximate surface area is 192 Å². The summed E-state index contributed by atoms with van der Waals surface area (Å²) in [4.78, 5) is 19.3. The van der Waals surface area contributed by atoms with Crippen LogP contribution in [0.3, 0.4) is 0 Å². The Kier molecular flexibility index (Phi) is 5.37. The molecule has 1 saturated heterocycles. The summed E-state index contributed by atoms with van der Waals surface area (Å²) in [5.74, 6) is 0.161. The van der Waals surface area contributed by atoms with E-state index in [4.69, 9.17) is 16.0 Å². The van der Waals surface area contributed by atoms with Crippen molar-refractivity contribution in [1.82, 2.24) is 9.88 Å². The number of fused-ring (bicyclic) bond motifs is 1. The maximum Gasteiger partial charge on any atom is 0.417 e. The molecule has 0 radical (unpaired) electrons. The number of benzene rings is 3. The van der Waals surface area contributed by atoms with E-state index in [0.29, 0.717) is 46.1 Å². The van der Waals surface area contributed by atoms with Crippen molar-refractivity contribution in [2.45, 2.75) is 25.1 Å². The van der Waals surface area contributed by atoms with Crippen molar-refractivity contribution < 1.29 is 22.4 Å². The maximum absolute atomic E-state index is 13.5. The van der Waals surface area contributed by atoms with Gasteiger partial charge in [0.15, 0.2) is 5.58 Å². The predicted octanol–water partition coefficient (Wildman–Crippen LogP) is 7.14. The van der Waals surface area contributed by atoms with Crippen molar-refractivity contribution in [2.24, 2.45) is 0 Å². The highest BCUT2D eigenvalue weighted by Crippen LogP contribution is 2.39. The van der Waals surface area contributed by atoms with Crippen LogP contribution < -0.4 is 0 Å². The standard InChI is InChI=1S/C25H18ClF3N2O2/c26-19-9-4-2-7-17(19)24(32)31-13-5-10-21(31)23-30-20-14-15(11-12-22(20)33-23)16-6-1-3-8-18(16)25(27,28)29/h1-4,6-9,11-12,14,21H,5,10,13H2/t21-/m0/s1. The van der Waals surface area contributed by atoms with Crippen LogP contribution in [0.25, 0.3) is 22.2 Å². The lowest BCUT2D eigenvalue weighted by atomic mass is 9.99. The van der Waals surface area contributed by atoms with Gasteiger partial charge in [-0.2, -0.15) is 13.2 Å². The van der Waals surface area contributed by atoms with Crippen LogP contribution in [0.5, 0.6) is 0 Å². The van der Waals surface area contributed by atoms with Gasteiger partial charge in [0.1, 0.15) is 11.6 Å². The Hall–Kier alpha value is -3.32. The summed E-state index contributed by atoms with van der Waals surface area (Å²) in [5.41, 5.74) is 1.07. The SMILES string of the molecule is O=C(c1ccccc1Cl)N1CCC[C@H]1c1nc2cc(-c3ccccc3C(F)(F)F)ccc2o1. The number of halogens is 4. The van der Waals surface area contributed by atoms with Crippen LogP contribution >= 0.6 is 11.6 Å². The molecule has 4 nitrogen and oxygen atoms in total. The number of nitrogens with zero attached hydrogens (tertiary/aromatic N) is 2. The van der Waals surface area contributed by atoms with Crippen molar-refractivity contribution in [3.8, 4) is 11.1 Å². The third kappa shape index (κ3) is 3.97. The fraction of sp³-hybridized carbons (Fsp3) is 0.200. The normalized spacial score (nSPS) is 16.5. The largest absolute Gasteiger partial charge is 0.438 e. The van der Waals surface area contributed by atoms with Crippen LogP contribution in [-0.4, -0.2) is 22.3 Å². The lowest BCUT2D eigenvalue weighted by Crippen LogP contribution is -2.30. The first kappa shape index (κ1) is 21.5. The number of oxazole rings is 1. The average molecular weight is 471 g/mol. The average Bonchev–Trinajstić information content (AvgIpc) is 3.45. The molecule has 1 aliphatic rings. The molecule has 1 atom stereocenters. The fourth-order valence-corrected chi connectivity index (χ4v) is 4.51. The van der Waals surface area contributed by atoms with Crippen molar-refractivity contribution in [3.63, 3.8) is 0 Å². The van der Waals surface area contributed by atoms with Gasteiger partial charge in [0.25, 0.3) is 5.91 Å². The molecule has 4 aromatic rings. The molecule has 0 spiro atoms. The Morgan fingerprint density at radius 1 is 1.06 bits per heavy atom. The van der Waals surface area contributed by atoms with Gasteiger partial charge in [0.05, 0.1) is 16.1 Å². The van der Waals surface area contributed by atoms with Gasteiger partial charge >= 0.3 is 6.18 Å². The molecule has 1 aromatic heterocycles. The van der Waals surface area contributed by atoms with Gasteiger partial charge in [0.2, 0.25) is 5.89 Å². The zero-order valence-electron chi connectivity index (χ0n) is 17.3. The molecule has 0 N–H and O–H groups in total. The van der Waals surface area contributed by atoms with E-state index in [1.165, 1.54) is 12.1 Å². The summed E-state index contributed by atoms with van der Waals surface area (Å²) >= 11 is 6.21. The minimum Gasteiger partial charge on any atom is -0.438 e. The first-order chi connectivity index (χ1) is 15.8. The lowest BCUT2D eigenvalue weighted by molar-refractivity contribution is -0.137. The van der Waals surface area contributed by atoms with Crippen LogP contribution in [-0.2, 0) is 6.18 Å². The van der Waals surface area contributed by atoms with E-state index in [1.807, 2.05) is 0 Å². The number of carbonyl (C=O) groups excluding carboxylic acids is 1. The van der Waals surface area contributed by atoms with E-state index in [-0.39, 0.29) is 17.5 Å². The molecule has 5 rings (SSSR count). The van der Waals surface area contributed by atoms with Crippen LogP contribution in [0.4, 0.5) is 13.2 Å². The molecule has 0 unspecified atom stereocenters. The van der Waals surface area contributed by atoms with Gasteiger partial charge in [-0.25, -0.2) is 4.98 Å². The van der Waals surface area contributed by atoms with Gasteiger partial charge in [0, 0.05) is 6.54 Å². The molecule has 168 valence electrons. The highest BCUT2D eigenvalue weighted by molar-refractivity contribution is 6.33. The summed E-state index contributed by atoms with van der Waals surface area (Å²) in [6.07, 6.45) is -3.01. The van der Waals surface area contributed by atoms with Crippen LogP contribution in [0.2, 0.25) is 5.02 Å². The zero-order valence-corrected chi connectivity index (χ0v) is 18.0. The molecule has 2 heterocycles. The number of aromatic nitrogens is 1. The van der Waals surface area contributed by atoms with E-state index in [1.54, 1.807) is 53.4 Å². The molecule has 0 aliphatic carbocycles. The Morgan fingerprint density at radius 3 is 2.61 bits per heavy atom. The molecule has 8 heteroatoms. The predicted molar refractivity (Wildman–Crippen MR) is 119 cm³/mol. The van der Waals surface area contributed by atoms with Gasteiger partial charge < -0.3 is 9.32 Å². The van der Waals surface area contributed by atoms with Crippen molar-refractivity contribution in [2.75, 3.05) is 6.54 Å². The highest BCUT2D eigenvalue weighted by Gasteiger charge is 2.35. The van der Waals surface area contributed by atoms with Crippen LogP contribution in [0.1, 0.15) is 40.7 Å². The smallest absolute Gasteiger partial charge is 0.417 e. The molecular formula is C25H18ClF3N2O2. The summed E-state index contributed by atoms with van der Waals surface area (Å²) in [6.45, 7) is 0.539. The molecule has 0 saturated carbocycles. The monoisotopic (exact) mass is 470 g/mol. The van der Waals surface area contributed by atoms with Gasteiger partial charge in [-0.15, -0.1) is 0 Å². The van der Waals surface area contributed by atoms with E-state index >= 15 is 0 Å². The van der Waals surface area contributed by atoms with Gasteiger partial charge in [-0.1, -0.05) is 48.0 Å². The van der Waals surface area contributed by atoms with E-state index in [2.05, 4.69) is 4.98 Å². The summed E-state index contributed by atoms with van der Waals surface area (Å²) < 4.78 is 46.3. The first-order valence-electron chi connectivity index (χ1n) is 10.5. The number of amides is 1. The van der Waals surface area contributed by atoms with Gasteiger partial charge in [-0.05, 0) is 54.3 Å². The molecule has 1 amide bonds. The molecule has 0 bridgehead atoms. The van der Waals surface area contributed by atoms with Crippen LogP contribution in [0.15, 0.2) is 71.1 Å². The second-order valence-electron chi connectivity index (χ2n) is 7.91. The van der Waals surface area contributed by atoms with Crippen LogP contribution in [0, 0.1) is 0 Å².